The Bertz CT molecular complexity index is 610. The molecule has 0 bridgehead atoms. The summed E-state index contributed by atoms with van der Waals surface area (Å²) in [5, 5.41) is 2.91. The van der Waals surface area contributed by atoms with E-state index < -0.39 is 0 Å². The lowest BCUT2D eigenvalue weighted by Gasteiger charge is -2.17. The molecule has 0 fully saturated rings. The zero-order valence-electron chi connectivity index (χ0n) is 12.3. The fourth-order valence-electron chi connectivity index (χ4n) is 2.06. The van der Waals surface area contributed by atoms with Gasteiger partial charge < -0.3 is 5.32 Å². The van der Waals surface area contributed by atoms with Crippen molar-refractivity contribution >= 4 is 27.5 Å². The van der Waals surface area contributed by atoms with E-state index in [0.717, 1.165) is 16.7 Å². The van der Waals surface area contributed by atoms with Crippen LogP contribution in [0.3, 0.4) is 0 Å². The molecule has 0 aliphatic carbocycles. The van der Waals surface area contributed by atoms with Gasteiger partial charge in [-0.3, -0.25) is 9.69 Å². The van der Waals surface area contributed by atoms with Crippen molar-refractivity contribution in [3.63, 3.8) is 0 Å². The number of hydrogen-bond acceptors (Lipinski definition) is 2. The lowest BCUT2D eigenvalue weighted by atomic mass is 10.2. The summed E-state index contributed by atoms with van der Waals surface area (Å²) in [6.45, 7) is 3.11. The number of carbonyl (C=O) groups excluding carboxylic acids is 1. The van der Waals surface area contributed by atoms with E-state index in [-0.39, 0.29) is 5.91 Å². The molecule has 21 heavy (non-hydrogen) atoms. The van der Waals surface area contributed by atoms with Crippen LogP contribution in [0.15, 0.2) is 53.0 Å². The van der Waals surface area contributed by atoms with Gasteiger partial charge in [0, 0.05) is 16.7 Å². The van der Waals surface area contributed by atoms with E-state index in [1.165, 1.54) is 11.1 Å². The smallest absolute Gasteiger partial charge is 0.238 e. The Hall–Kier alpha value is -1.65. The first kappa shape index (κ1) is 15.7. The van der Waals surface area contributed by atoms with Crippen LogP contribution in [0.2, 0.25) is 0 Å². The molecule has 110 valence electrons. The molecule has 4 heteroatoms. The van der Waals surface area contributed by atoms with Gasteiger partial charge in [0.2, 0.25) is 5.91 Å². The second-order valence-corrected chi connectivity index (χ2v) is 6.03. The molecule has 0 heterocycles. The maximum absolute atomic E-state index is 12.0. The monoisotopic (exact) mass is 346 g/mol. The molecule has 0 saturated heterocycles. The normalized spacial score (nSPS) is 10.7. The second-order valence-electron chi connectivity index (χ2n) is 5.18. The number of halogens is 1. The standard InChI is InChI=1S/C17H19BrN2O/c1-13-7-9-15(10-8-13)19-17(21)12-20(2)11-14-5-3-4-6-16(14)18/h3-10H,11-12H2,1-2H3,(H,19,21). The van der Waals surface area contributed by atoms with Crippen LogP contribution in [-0.4, -0.2) is 24.4 Å². The highest BCUT2D eigenvalue weighted by molar-refractivity contribution is 9.10. The molecule has 1 amide bonds. The van der Waals surface area contributed by atoms with Gasteiger partial charge in [0.15, 0.2) is 0 Å². The summed E-state index contributed by atoms with van der Waals surface area (Å²) >= 11 is 3.52. The summed E-state index contributed by atoms with van der Waals surface area (Å²) in [6.07, 6.45) is 0. The lowest BCUT2D eigenvalue weighted by molar-refractivity contribution is -0.117. The molecule has 1 N–H and O–H groups in total. The maximum Gasteiger partial charge on any atom is 0.238 e. The minimum Gasteiger partial charge on any atom is -0.325 e. The summed E-state index contributed by atoms with van der Waals surface area (Å²) in [5.41, 5.74) is 3.18. The Balaban J connectivity index is 1.87. The van der Waals surface area contributed by atoms with Gasteiger partial charge in [-0.2, -0.15) is 0 Å². The number of carbonyl (C=O) groups is 1. The third-order valence-electron chi connectivity index (χ3n) is 3.15. The number of hydrogen-bond donors (Lipinski definition) is 1. The van der Waals surface area contributed by atoms with E-state index in [9.17, 15) is 4.79 Å². The molecular formula is C17H19BrN2O. The van der Waals surface area contributed by atoms with Crippen LogP contribution < -0.4 is 5.32 Å². The van der Waals surface area contributed by atoms with E-state index in [1.807, 2.05) is 61.3 Å². The van der Waals surface area contributed by atoms with Crippen LogP contribution in [0.5, 0.6) is 0 Å². The van der Waals surface area contributed by atoms with Gasteiger partial charge in [-0.25, -0.2) is 0 Å². The fourth-order valence-corrected chi connectivity index (χ4v) is 2.47. The van der Waals surface area contributed by atoms with E-state index in [4.69, 9.17) is 0 Å². The van der Waals surface area contributed by atoms with Gasteiger partial charge >= 0.3 is 0 Å². The highest BCUT2D eigenvalue weighted by Crippen LogP contribution is 2.17. The molecule has 0 aromatic heterocycles. The van der Waals surface area contributed by atoms with Crippen molar-refractivity contribution < 1.29 is 4.79 Å². The van der Waals surface area contributed by atoms with E-state index in [1.54, 1.807) is 0 Å². The fraction of sp³-hybridized carbons (Fsp3) is 0.235. The second kappa shape index (κ2) is 7.38. The lowest BCUT2D eigenvalue weighted by Crippen LogP contribution is -2.29. The first-order valence-electron chi connectivity index (χ1n) is 6.83. The molecular weight excluding hydrogens is 328 g/mol. The van der Waals surface area contributed by atoms with Crippen LogP contribution >= 0.6 is 15.9 Å². The van der Waals surface area contributed by atoms with Crippen molar-refractivity contribution in [1.82, 2.24) is 4.90 Å². The summed E-state index contributed by atoms with van der Waals surface area (Å²) in [5.74, 6) is -0.00610. The van der Waals surface area contributed by atoms with E-state index in [0.29, 0.717) is 6.54 Å². The third-order valence-corrected chi connectivity index (χ3v) is 3.92. The van der Waals surface area contributed by atoms with Crippen LogP contribution in [-0.2, 0) is 11.3 Å². The van der Waals surface area contributed by atoms with Crippen molar-refractivity contribution in [3.8, 4) is 0 Å². The Morgan fingerprint density at radius 1 is 1.14 bits per heavy atom. The molecule has 3 nitrogen and oxygen atoms in total. The Morgan fingerprint density at radius 3 is 2.48 bits per heavy atom. The van der Waals surface area contributed by atoms with Crippen molar-refractivity contribution in [3.05, 3.63) is 64.1 Å². The van der Waals surface area contributed by atoms with Crippen LogP contribution in [0, 0.1) is 6.92 Å². The van der Waals surface area contributed by atoms with Crippen molar-refractivity contribution in [1.29, 1.82) is 0 Å². The third kappa shape index (κ3) is 4.99. The molecule has 0 aliphatic heterocycles. The Labute approximate surface area is 134 Å². The zero-order chi connectivity index (χ0) is 15.2. The zero-order valence-corrected chi connectivity index (χ0v) is 13.9. The topological polar surface area (TPSA) is 32.3 Å². The Kier molecular flexibility index (Phi) is 5.53. The minimum absolute atomic E-state index is 0.00610. The average Bonchev–Trinajstić information content (AvgIpc) is 2.44. The van der Waals surface area contributed by atoms with Gasteiger partial charge in [-0.05, 0) is 37.7 Å². The van der Waals surface area contributed by atoms with Crippen molar-refractivity contribution in [2.75, 3.05) is 18.9 Å². The number of anilines is 1. The van der Waals surface area contributed by atoms with Gasteiger partial charge in [-0.1, -0.05) is 51.8 Å². The molecule has 0 spiro atoms. The van der Waals surface area contributed by atoms with E-state index in [2.05, 4.69) is 27.3 Å². The number of aryl methyl sites for hydroxylation is 1. The number of nitrogens with one attached hydrogen (secondary N) is 1. The molecule has 0 aliphatic rings. The van der Waals surface area contributed by atoms with Crippen molar-refractivity contribution in [2.24, 2.45) is 0 Å². The number of likely N-dealkylation sites (N-methyl/N-ethyl adjacent to an activating group) is 1. The largest absolute Gasteiger partial charge is 0.325 e. The summed E-state index contributed by atoms with van der Waals surface area (Å²) in [6, 6.07) is 15.9. The van der Waals surface area contributed by atoms with Crippen LogP contribution in [0.1, 0.15) is 11.1 Å². The maximum atomic E-state index is 12.0. The van der Waals surface area contributed by atoms with E-state index >= 15 is 0 Å². The molecule has 2 aromatic carbocycles. The average molecular weight is 347 g/mol. The van der Waals surface area contributed by atoms with Gasteiger partial charge in [0.1, 0.15) is 0 Å². The Morgan fingerprint density at radius 2 is 1.81 bits per heavy atom. The highest BCUT2D eigenvalue weighted by atomic mass is 79.9. The predicted octanol–water partition coefficient (Wildman–Crippen LogP) is 3.83. The van der Waals surface area contributed by atoms with Gasteiger partial charge in [0.05, 0.1) is 6.54 Å². The van der Waals surface area contributed by atoms with Gasteiger partial charge in [0.25, 0.3) is 0 Å². The summed E-state index contributed by atoms with van der Waals surface area (Å²) < 4.78 is 1.07. The minimum atomic E-state index is -0.00610. The van der Waals surface area contributed by atoms with Crippen LogP contribution in [0.25, 0.3) is 0 Å². The molecule has 0 unspecified atom stereocenters. The first-order valence-corrected chi connectivity index (χ1v) is 7.62. The number of amides is 1. The quantitative estimate of drug-likeness (QED) is 0.892. The SMILES string of the molecule is Cc1ccc(NC(=O)CN(C)Cc2ccccc2Br)cc1. The summed E-state index contributed by atoms with van der Waals surface area (Å²) in [7, 11) is 1.94. The molecule has 0 atom stereocenters. The molecule has 2 rings (SSSR count). The highest BCUT2D eigenvalue weighted by Gasteiger charge is 2.09. The van der Waals surface area contributed by atoms with Crippen molar-refractivity contribution in [2.45, 2.75) is 13.5 Å². The van der Waals surface area contributed by atoms with Crippen LogP contribution in [0.4, 0.5) is 5.69 Å². The first-order chi connectivity index (χ1) is 10.0. The number of benzene rings is 2. The molecule has 0 radical (unpaired) electrons. The molecule has 0 saturated carbocycles. The number of rotatable bonds is 5. The predicted molar refractivity (Wildman–Crippen MR) is 90.3 cm³/mol. The van der Waals surface area contributed by atoms with Gasteiger partial charge in [-0.15, -0.1) is 0 Å². The molecule has 2 aromatic rings. The summed E-state index contributed by atoms with van der Waals surface area (Å²) in [4.78, 5) is 14.0. The number of nitrogens with zero attached hydrogens (tertiary/aromatic N) is 1.